The van der Waals surface area contributed by atoms with E-state index < -0.39 is 0 Å². The molecule has 0 spiro atoms. The van der Waals surface area contributed by atoms with Crippen LogP contribution in [-0.2, 0) is 0 Å². The van der Waals surface area contributed by atoms with Crippen molar-refractivity contribution in [3.05, 3.63) is 11.6 Å². The zero-order chi connectivity index (χ0) is 10.5. The second-order valence-corrected chi connectivity index (χ2v) is 5.54. The van der Waals surface area contributed by atoms with Gasteiger partial charge in [0.05, 0.1) is 0 Å². The summed E-state index contributed by atoms with van der Waals surface area (Å²) in [5.74, 6) is 2.08. The lowest BCUT2D eigenvalue weighted by Gasteiger charge is -2.09. The molecule has 0 radical (unpaired) electrons. The molecule has 0 nitrogen and oxygen atoms in total. The third kappa shape index (κ3) is 3.66. The normalized spacial score (nSPS) is 35.1. The lowest BCUT2D eigenvalue weighted by molar-refractivity contribution is 0.559. The Hall–Kier alpha value is -0.260. The molecule has 0 heteroatoms. The summed E-state index contributed by atoms with van der Waals surface area (Å²) in [6, 6.07) is 0. The highest BCUT2D eigenvalue weighted by Gasteiger charge is 2.34. The number of hydrogen-bond acceptors (Lipinski definition) is 0. The zero-order valence-corrected chi connectivity index (χ0v) is 10.3. The van der Waals surface area contributed by atoms with Gasteiger partial charge in [-0.2, -0.15) is 0 Å². The largest absolute Gasteiger partial charge is 0.0819 e. The summed E-state index contributed by atoms with van der Waals surface area (Å²) < 4.78 is 0. The third-order valence-corrected chi connectivity index (χ3v) is 4.10. The molecule has 0 N–H and O–H groups in total. The fraction of sp³-hybridized carbons (Fsp3) is 0.867. The fourth-order valence-electron chi connectivity index (χ4n) is 2.92. The van der Waals surface area contributed by atoms with E-state index in [9.17, 15) is 0 Å². The molecule has 1 fully saturated rings. The van der Waals surface area contributed by atoms with Crippen molar-refractivity contribution in [2.45, 2.75) is 71.1 Å². The minimum Gasteiger partial charge on any atom is -0.0819 e. The molecular weight excluding hydrogens is 180 g/mol. The monoisotopic (exact) mass is 206 g/mol. The van der Waals surface area contributed by atoms with Gasteiger partial charge in [-0.3, -0.25) is 0 Å². The Morgan fingerprint density at radius 3 is 2.93 bits per heavy atom. The van der Waals surface area contributed by atoms with E-state index in [4.69, 9.17) is 0 Å². The van der Waals surface area contributed by atoms with Crippen LogP contribution in [0.3, 0.4) is 0 Å². The van der Waals surface area contributed by atoms with Gasteiger partial charge in [0.15, 0.2) is 0 Å². The molecular formula is C15H26. The van der Waals surface area contributed by atoms with Crippen LogP contribution in [0.4, 0.5) is 0 Å². The SMILES string of the molecule is CCCC/C1=C/[C@H]2C[C@@H]2CCCCCC1. The van der Waals surface area contributed by atoms with E-state index in [0.717, 1.165) is 11.8 Å². The topological polar surface area (TPSA) is 0 Å². The molecule has 0 heterocycles. The molecule has 0 saturated heterocycles. The first-order chi connectivity index (χ1) is 7.40. The van der Waals surface area contributed by atoms with Gasteiger partial charge in [-0.25, -0.2) is 0 Å². The number of allylic oxidation sites excluding steroid dienone is 2. The Morgan fingerprint density at radius 2 is 2.07 bits per heavy atom. The molecule has 15 heavy (non-hydrogen) atoms. The molecule has 0 aromatic heterocycles. The molecule has 0 aromatic carbocycles. The smallest absolute Gasteiger partial charge is 0.0199 e. The molecule has 1 saturated carbocycles. The van der Waals surface area contributed by atoms with Gasteiger partial charge in [-0.05, 0) is 50.4 Å². The molecule has 86 valence electrons. The number of rotatable bonds is 3. The maximum atomic E-state index is 2.66. The Balaban J connectivity index is 1.87. The molecule has 0 bridgehead atoms. The van der Waals surface area contributed by atoms with Crippen molar-refractivity contribution < 1.29 is 0 Å². The van der Waals surface area contributed by atoms with Crippen molar-refractivity contribution in [2.24, 2.45) is 11.8 Å². The standard InChI is InChI=1S/C15H26/c1-2-3-8-13-9-6-4-5-7-10-14-12-15(14)11-13/h11,14-15H,2-10,12H2,1H3/b13-11-/t14-,15-/m0/s1. The van der Waals surface area contributed by atoms with Gasteiger partial charge >= 0.3 is 0 Å². The van der Waals surface area contributed by atoms with Crippen LogP contribution >= 0.6 is 0 Å². The van der Waals surface area contributed by atoms with Gasteiger partial charge < -0.3 is 0 Å². The lowest BCUT2D eigenvalue weighted by Crippen LogP contribution is -1.91. The summed E-state index contributed by atoms with van der Waals surface area (Å²) in [5, 5.41) is 0. The molecule has 2 aliphatic carbocycles. The summed E-state index contributed by atoms with van der Waals surface area (Å²) in [6.07, 6.45) is 17.2. The Morgan fingerprint density at radius 1 is 1.20 bits per heavy atom. The zero-order valence-electron chi connectivity index (χ0n) is 10.3. The number of unbranched alkanes of at least 4 members (excludes halogenated alkanes) is 1. The number of hydrogen-bond donors (Lipinski definition) is 0. The van der Waals surface area contributed by atoms with E-state index >= 15 is 0 Å². The van der Waals surface area contributed by atoms with E-state index in [1.54, 1.807) is 5.57 Å². The van der Waals surface area contributed by atoms with E-state index in [1.165, 1.54) is 64.2 Å². The average Bonchev–Trinajstić information content (AvgIpc) is 2.99. The van der Waals surface area contributed by atoms with Crippen molar-refractivity contribution in [1.82, 2.24) is 0 Å². The number of fused-ring (bicyclic) bond motifs is 1. The molecule has 0 unspecified atom stereocenters. The fourth-order valence-corrected chi connectivity index (χ4v) is 2.92. The van der Waals surface area contributed by atoms with E-state index in [1.807, 2.05) is 0 Å². The van der Waals surface area contributed by atoms with E-state index in [-0.39, 0.29) is 0 Å². The molecule has 0 amide bonds. The van der Waals surface area contributed by atoms with Crippen molar-refractivity contribution in [3.63, 3.8) is 0 Å². The first-order valence-corrected chi connectivity index (χ1v) is 7.09. The Labute approximate surface area is 95.1 Å². The Bertz CT molecular complexity index is 214. The van der Waals surface area contributed by atoms with Crippen molar-refractivity contribution >= 4 is 0 Å². The summed E-state index contributed by atoms with van der Waals surface area (Å²) in [5.41, 5.74) is 1.80. The van der Waals surface area contributed by atoms with Crippen LogP contribution in [0.25, 0.3) is 0 Å². The van der Waals surface area contributed by atoms with Crippen LogP contribution in [0.15, 0.2) is 11.6 Å². The average molecular weight is 206 g/mol. The van der Waals surface area contributed by atoms with Crippen LogP contribution in [0, 0.1) is 11.8 Å². The van der Waals surface area contributed by atoms with E-state index in [2.05, 4.69) is 13.0 Å². The quantitative estimate of drug-likeness (QED) is 0.564. The maximum Gasteiger partial charge on any atom is -0.0199 e. The highest BCUT2D eigenvalue weighted by molar-refractivity contribution is 5.11. The van der Waals surface area contributed by atoms with Gasteiger partial charge in [0.25, 0.3) is 0 Å². The van der Waals surface area contributed by atoms with Crippen LogP contribution in [0.2, 0.25) is 0 Å². The molecule has 0 aliphatic heterocycles. The predicted molar refractivity (Wildman–Crippen MR) is 66.9 cm³/mol. The second kappa shape index (κ2) is 5.72. The molecule has 2 atom stereocenters. The van der Waals surface area contributed by atoms with Gasteiger partial charge in [0.1, 0.15) is 0 Å². The first kappa shape index (κ1) is 11.2. The second-order valence-electron chi connectivity index (χ2n) is 5.54. The van der Waals surface area contributed by atoms with Gasteiger partial charge in [0, 0.05) is 0 Å². The van der Waals surface area contributed by atoms with Crippen LogP contribution in [-0.4, -0.2) is 0 Å². The van der Waals surface area contributed by atoms with Crippen LogP contribution < -0.4 is 0 Å². The summed E-state index contributed by atoms with van der Waals surface area (Å²) >= 11 is 0. The maximum absolute atomic E-state index is 2.66. The Kier molecular flexibility index (Phi) is 4.29. The molecule has 2 rings (SSSR count). The highest BCUT2D eigenvalue weighted by atomic mass is 14.4. The van der Waals surface area contributed by atoms with Gasteiger partial charge in [0.2, 0.25) is 0 Å². The van der Waals surface area contributed by atoms with Crippen LogP contribution in [0.1, 0.15) is 71.1 Å². The van der Waals surface area contributed by atoms with Crippen LogP contribution in [0.5, 0.6) is 0 Å². The van der Waals surface area contributed by atoms with Crippen molar-refractivity contribution in [2.75, 3.05) is 0 Å². The molecule has 2 aliphatic rings. The predicted octanol–water partition coefficient (Wildman–Crippen LogP) is 5.09. The summed E-state index contributed by atoms with van der Waals surface area (Å²) in [7, 11) is 0. The van der Waals surface area contributed by atoms with Crippen molar-refractivity contribution in [1.29, 1.82) is 0 Å². The minimum atomic E-state index is 0.995. The summed E-state index contributed by atoms with van der Waals surface area (Å²) in [4.78, 5) is 0. The first-order valence-electron chi connectivity index (χ1n) is 7.09. The van der Waals surface area contributed by atoms with E-state index in [0.29, 0.717) is 0 Å². The highest BCUT2D eigenvalue weighted by Crippen LogP contribution is 2.45. The summed E-state index contributed by atoms with van der Waals surface area (Å²) in [6.45, 7) is 2.31. The lowest BCUT2D eigenvalue weighted by atomic mass is 9.97. The van der Waals surface area contributed by atoms with Gasteiger partial charge in [-0.1, -0.05) is 44.3 Å². The molecule has 0 aromatic rings. The minimum absolute atomic E-state index is 0.995. The van der Waals surface area contributed by atoms with Gasteiger partial charge in [-0.15, -0.1) is 0 Å². The van der Waals surface area contributed by atoms with Crippen molar-refractivity contribution in [3.8, 4) is 0 Å². The third-order valence-electron chi connectivity index (χ3n) is 4.10.